The van der Waals surface area contributed by atoms with Crippen LogP contribution in [0.5, 0.6) is 5.75 Å². The van der Waals surface area contributed by atoms with Gasteiger partial charge >= 0.3 is 6.18 Å². The highest BCUT2D eigenvalue weighted by molar-refractivity contribution is 5.95. The lowest BCUT2D eigenvalue weighted by atomic mass is 9.77. The number of pyridine rings is 1. The molecule has 1 saturated heterocycles. The van der Waals surface area contributed by atoms with Gasteiger partial charge in [0.15, 0.2) is 17.2 Å². The van der Waals surface area contributed by atoms with Gasteiger partial charge in [0.25, 0.3) is 5.91 Å². The number of hydrogen-bond acceptors (Lipinski definition) is 6. The SMILES string of the molecule is COC[C@H](c1ccc(NC(=O)[C@@H]2O[C@@](C)(C(F)(F)F)[C@@H](C)[C@H]2c2ccc(F)c(F)c2OC)cn1)N(C)C. The molecule has 3 rings (SSSR count). The number of hydrogen-bond donors (Lipinski definition) is 1. The number of anilines is 1. The Labute approximate surface area is 211 Å². The van der Waals surface area contributed by atoms with E-state index in [-0.39, 0.29) is 17.3 Å². The van der Waals surface area contributed by atoms with Crippen molar-refractivity contribution in [3.05, 3.63) is 53.4 Å². The third-order valence-electron chi connectivity index (χ3n) is 6.91. The molecule has 1 amide bonds. The third kappa shape index (κ3) is 5.41. The van der Waals surface area contributed by atoms with Crippen LogP contribution < -0.4 is 10.1 Å². The first-order valence-electron chi connectivity index (χ1n) is 11.4. The van der Waals surface area contributed by atoms with Crippen molar-refractivity contribution in [3.8, 4) is 5.75 Å². The van der Waals surface area contributed by atoms with Gasteiger partial charge in [0.05, 0.1) is 37.3 Å². The second kappa shape index (κ2) is 10.9. The lowest BCUT2D eigenvalue weighted by molar-refractivity contribution is -0.272. The number of nitrogens with one attached hydrogen (secondary N) is 1. The Morgan fingerprint density at radius 1 is 1.22 bits per heavy atom. The maximum Gasteiger partial charge on any atom is 0.417 e. The summed E-state index contributed by atoms with van der Waals surface area (Å²) in [4.78, 5) is 19.5. The summed E-state index contributed by atoms with van der Waals surface area (Å²) in [7, 11) is 6.33. The highest BCUT2D eigenvalue weighted by atomic mass is 19.4. The van der Waals surface area contributed by atoms with Crippen molar-refractivity contribution in [1.29, 1.82) is 0 Å². The Balaban J connectivity index is 1.97. The van der Waals surface area contributed by atoms with E-state index in [1.165, 1.54) is 13.1 Å². The number of aromatic nitrogens is 1. The van der Waals surface area contributed by atoms with E-state index >= 15 is 0 Å². The summed E-state index contributed by atoms with van der Waals surface area (Å²) < 4.78 is 86.1. The van der Waals surface area contributed by atoms with Crippen LogP contribution in [0.3, 0.4) is 0 Å². The molecule has 0 aliphatic carbocycles. The molecule has 37 heavy (non-hydrogen) atoms. The van der Waals surface area contributed by atoms with Gasteiger partial charge in [-0.25, -0.2) is 4.39 Å². The highest BCUT2D eigenvalue weighted by Gasteiger charge is 2.65. The topological polar surface area (TPSA) is 72.9 Å². The standard InChI is InChI=1S/C25H30F5N3O4/c1-13-19(15-8-9-16(26)20(27)21(15)36-6)22(37-24(13,2)25(28,29)30)23(34)32-14-7-10-17(31-11-14)18(12-35-5)33(3)4/h7-11,13,18-19,22H,12H2,1-6H3,(H,32,34)/t13-,18+,19-,22+,24+/m0/s1. The number of halogens is 5. The Morgan fingerprint density at radius 3 is 2.41 bits per heavy atom. The normalized spacial score (nSPS) is 24.8. The van der Waals surface area contributed by atoms with Crippen LogP contribution in [0.1, 0.15) is 37.1 Å². The minimum absolute atomic E-state index is 0.108. The fraction of sp³-hybridized carbons (Fsp3) is 0.520. The van der Waals surface area contributed by atoms with Gasteiger partial charge in [-0.3, -0.25) is 14.7 Å². The van der Waals surface area contributed by atoms with Gasteiger partial charge in [-0.05, 0) is 39.2 Å². The van der Waals surface area contributed by atoms with E-state index < -0.39 is 53.0 Å². The molecule has 0 unspecified atom stereocenters. The fourth-order valence-electron chi connectivity index (χ4n) is 4.59. The van der Waals surface area contributed by atoms with Gasteiger partial charge in [0.2, 0.25) is 5.82 Å². The van der Waals surface area contributed by atoms with Crippen LogP contribution in [-0.2, 0) is 14.3 Å². The minimum atomic E-state index is -4.85. The smallest absolute Gasteiger partial charge is 0.417 e. The zero-order valence-corrected chi connectivity index (χ0v) is 21.3. The molecule has 1 fully saturated rings. The van der Waals surface area contributed by atoms with Crippen LogP contribution in [0.25, 0.3) is 0 Å². The largest absolute Gasteiger partial charge is 0.493 e. The number of alkyl halides is 3. The number of carbonyl (C=O) groups is 1. The number of amides is 1. The van der Waals surface area contributed by atoms with Crippen molar-refractivity contribution in [2.45, 2.75) is 43.7 Å². The summed E-state index contributed by atoms with van der Waals surface area (Å²) in [5, 5.41) is 2.54. The van der Waals surface area contributed by atoms with Gasteiger partial charge < -0.3 is 19.5 Å². The quantitative estimate of drug-likeness (QED) is 0.498. The average molecular weight is 532 g/mol. The summed E-state index contributed by atoms with van der Waals surface area (Å²) in [6.07, 6.45) is -5.17. The van der Waals surface area contributed by atoms with Crippen LogP contribution in [0.4, 0.5) is 27.6 Å². The molecule has 2 heterocycles. The van der Waals surface area contributed by atoms with Gasteiger partial charge in [0.1, 0.15) is 6.10 Å². The van der Waals surface area contributed by atoms with Crippen LogP contribution in [0.15, 0.2) is 30.5 Å². The Kier molecular flexibility index (Phi) is 8.45. The molecule has 1 aromatic carbocycles. The Morgan fingerprint density at radius 2 is 1.89 bits per heavy atom. The molecule has 0 bridgehead atoms. The Hall–Kier alpha value is -2.83. The predicted molar refractivity (Wildman–Crippen MR) is 125 cm³/mol. The zero-order valence-electron chi connectivity index (χ0n) is 21.3. The second-order valence-corrected chi connectivity index (χ2v) is 9.34. The molecule has 204 valence electrons. The van der Waals surface area contributed by atoms with Crippen molar-refractivity contribution in [2.75, 3.05) is 40.2 Å². The maximum absolute atomic E-state index is 14.5. The van der Waals surface area contributed by atoms with Crippen molar-refractivity contribution < 1.29 is 41.0 Å². The van der Waals surface area contributed by atoms with Crippen molar-refractivity contribution in [1.82, 2.24) is 9.88 Å². The molecule has 1 aromatic heterocycles. The highest BCUT2D eigenvalue weighted by Crippen LogP contribution is 2.55. The van der Waals surface area contributed by atoms with Crippen LogP contribution in [0.2, 0.25) is 0 Å². The summed E-state index contributed by atoms with van der Waals surface area (Å²) in [6, 6.07) is 4.94. The number of likely N-dealkylation sites (N-methyl/N-ethyl adjacent to an activating group) is 1. The first kappa shape index (κ1) is 28.7. The van der Waals surface area contributed by atoms with Crippen molar-refractivity contribution in [2.24, 2.45) is 5.92 Å². The molecule has 1 N–H and O–H groups in total. The average Bonchev–Trinajstić information content (AvgIpc) is 3.11. The maximum atomic E-state index is 14.5. The number of benzene rings is 1. The molecule has 1 aliphatic heterocycles. The van der Waals surface area contributed by atoms with Crippen LogP contribution in [0, 0.1) is 17.6 Å². The first-order chi connectivity index (χ1) is 17.3. The number of rotatable bonds is 8. The van der Waals surface area contributed by atoms with E-state index in [9.17, 15) is 26.7 Å². The molecule has 1 aliphatic rings. The monoisotopic (exact) mass is 531 g/mol. The summed E-state index contributed by atoms with van der Waals surface area (Å²) >= 11 is 0. The van der Waals surface area contributed by atoms with Gasteiger partial charge in [-0.1, -0.05) is 13.0 Å². The lowest BCUT2D eigenvalue weighted by Gasteiger charge is -2.32. The van der Waals surface area contributed by atoms with Crippen molar-refractivity contribution >= 4 is 11.6 Å². The molecule has 0 saturated carbocycles. The summed E-state index contributed by atoms with van der Waals surface area (Å²) in [5.41, 5.74) is -1.97. The molecule has 0 spiro atoms. The van der Waals surface area contributed by atoms with Gasteiger partial charge in [0, 0.05) is 24.5 Å². The van der Waals surface area contributed by atoms with Gasteiger partial charge in [-0.15, -0.1) is 0 Å². The van der Waals surface area contributed by atoms with Gasteiger partial charge in [-0.2, -0.15) is 17.6 Å². The lowest BCUT2D eigenvalue weighted by Crippen LogP contribution is -2.47. The number of carbonyl (C=O) groups excluding carboxylic acids is 1. The zero-order chi connectivity index (χ0) is 27.7. The fourth-order valence-corrected chi connectivity index (χ4v) is 4.59. The van der Waals surface area contributed by atoms with E-state index in [2.05, 4.69) is 10.3 Å². The molecular weight excluding hydrogens is 501 g/mol. The van der Waals surface area contributed by atoms with Crippen LogP contribution >= 0.6 is 0 Å². The molecule has 12 heteroatoms. The number of ether oxygens (including phenoxy) is 3. The molecule has 5 atom stereocenters. The molecule has 0 radical (unpaired) electrons. The second-order valence-electron chi connectivity index (χ2n) is 9.34. The summed E-state index contributed by atoms with van der Waals surface area (Å²) in [5.74, 6) is -6.72. The molecule has 2 aromatic rings. The Bertz CT molecular complexity index is 1110. The minimum Gasteiger partial charge on any atom is -0.493 e. The van der Waals surface area contributed by atoms with E-state index in [4.69, 9.17) is 14.2 Å². The van der Waals surface area contributed by atoms with Crippen LogP contribution in [-0.4, -0.2) is 68.6 Å². The first-order valence-corrected chi connectivity index (χ1v) is 11.4. The van der Waals surface area contributed by atoms with E-state index in [1.807, 2.05) is 19.0 Å². The van der Waals surface area contributed by atoms with Crippen molar-refractivity contribution in [3.63, 3.8) is 0 Å². The van der Waals surface area contributed by atoms with E-state index in [0.29, 0.717) is 12.3 Å². The molecule has 7 nitrogen and oxygen atoms in total. The van der Waals surface area contributed by atoms with E-state index in [1.54, 1.807) is 19.2 Å². The van der Waals surface area contributed by atoms with E-state index in [0.717, 1.165) is 26.2 Å². The number of nitrogens with zero attached hydrogens (tertiary/aromatic N) is 2. The molecular formula is C25H30F5N3O4. The number of methoxy groups -OCH3 is 2. The predicted octanol–water partition coefficient (Wildman–Crippen LogP) is 4.70. The third-order valence-corrected chi connectivity index (χ3v) is 6.91. The summed E-state index contributed by atoms with van der Waals surface area (Å²) in [6.45, 7) is 2.45.